The average Bonchev–Trinajstić information content (AvgIpc) is 2.66. The molecule has 0 fully saturated rings. The minimum absolute atomic E-state index is 0.451. The Kier molecular flexibility index (Phi) is 3.73. The molecule has 1 unspecified atom stereocenters. The molecule has 1 atom stereocenters. The molecule has 1 N–H and O–H groups in total. The number of alkyl halides is 4. The molecular weight excluding hydrogens is 214 g/mol. The highest BCUT2D eigenvalue weighted by atomic mass is 19.3. The van der Waals surface area contributed by atoms with Gasteiger partial charge in [-0.2, -0.15) is 8.78 Å². The first-order chi connectivity index (χ1) is 6.93. The Labute approximate surface area is 84.3 Å². The van der Waals surface area contributed by atoms with Gasteiger partial charge in [0.05, 0.1) is 19.1 Å². The van der Waals surface area contributed by atoms with Gasteiger partial charge in [0, 0.05) is 11.6 Å². The van der Waals surface area contributed by atoms with E-state index in [0.29, 0.717) is 5.56 Å². The Balaban J connectivity index is 2.44. The van der Waals surface area contributed by atoms with E-state index < -0.39 is 24.9 Å². The molecule has 0 amide bonds. The van der Waals surface area contributed by atoms with Crippen molar-refractivity contribution in [2.24, 2.45) is 0 Å². The van der Waals surface area contributed by atoms with E-state index in [1.54, 1.807) is 13.0 Å². The van der Waals surface area contributed by atoms with Crippen molar-refractivity contribution < 1.29 is 22.0 Å². The molecule has 1 aromatic heterocycles. The summed E-state index contributed by atoms with van der Waals surface area (Å²) in [7, 11) is 0. The van der Waals surface area contributed by atoms with Gasteiger partial charge in [-0.25, -0.2) is 8.78 Å². The van der Waals surface area contributed by atoms with E-state index in [0.717, 1.165) is 0 Å². The third-order valence-electron chi connectivity index (χ3n) is 2.01. The van der Waals surface area contributed by atoms with Gasteiger partial charge in [0.2, 0.25) is 0 Å². The maximum Gasteiger partial charge on any atom is 0.319 e. The van der Waals surface area contributed by atoms with E-state index in [2.05, 4.69) is 5.32 Å². The fourth-order valence-corrected chi connectivity index (χ4v) is 1.01. The van der Waals surface area contributed by atoms with Crippen molar-refractivity contribution in [2.45, 2.75) is 25.3 Å². The topological polar surface area (TPSA) is 25.2 Å². The van der Waals surface area contributed by atoms with Crippen molar-refractivity contribution in [1.82, 2.24) is 5.32 Å². The maximum atomic E-state index is 12.5. The molecule has 86 valence electrons. The molecule has 0 saturated carbocycles. The Morgan fingerprint density at radius 1 is 1.47 bits per heavy atom. The van der Waals surface area contributed by atoms with E-state index in [-0.39, 0.29) is 0 Å². The summed E-state index contributed by atoms with van der Waals surface area (Å²) >= 11 is 0. The highest BCUT2D eigenvalue weighted by Crippen LogP contribution is 2.23. The van der Waals surface area contributed by atoms with Gasteiger partial charge in [0.1, 0.15) is 0 Å². The first kappa shape index (κ1) is 12.0. The van der Waals surface area contributed by atoms with Crippen molar-refractivity contribution in [3.8, 4) is 0 Å². The van der Waals surface area contributed by atoms with Crippen LogP contribution >= 0.6 is 0 Å². The average molecular weight is 225 g/mol. The van der Waals surface area contributed by atoms with Gasteiger partial charge < -0.3 is 9.73 Å². The van der Waals surface area contributed by atoms with E-state index in [9.17, 15) is 17.6 Å². The normalized spacial score (nSPS) is 14.5. The first-order valence-electron chi connectivity index (χ1n) is 4.35. The molecular formula is C9H11F4NO. The Bertz CT molecular complexity index is 286. The fraction of sp³-hybridized carbons (Fsp3) is 0.556. The molecule has 0 bridgehead atoms. The van der Waals surface area contributed by atoms with Gasteiger partial charge >= 0.3 is 12.3 Å². The van der Waals surface area contributed by atoms with Crippen molar-refractivity contribution in [1.29, 1.82) is 0 Å². The van der Waals surface area contributed by atoms with Gasteiger partial charge in [0.15, 0.2) is 0 Å². The summed E-state index contributed by atoms with van der Waals surface area (Å²) < 4.78 is 53.4. The molecule has 1 heterocycles. The maximum absolute atomic E-state index is 12.5. The minimum Gasteiger partial charge on any atom is -0.472 e. The van der Waals surface area contributed by atoms with E-state index >= 15 is 0 Å². The molecule has 0 radical (unpaired) electrons. The van der Waals surface area contributed by atoms with Gasteiger partial charge in [0.25, 0.3) is 0 Å². The summed E-state index contributed by atoms with van der Waals surface area (Å²) in [6.45, 7) is 0.531. The van der Waals surface area contributed by atoms with Crippen LogP contribution in [0.15, 0.2) is 23.0 Å². The lowest BCUT2D eigenvalue weighted by Gasteiger charge is -2.18. The standard InChI is InChI=1S/C9H11F4NO/c1-6(7-2-3-15-4-7)14-5-9(12,13)8(10)11/h2-4,6,8,14H,5H2,1H3. The number of hydrogen-bond donors (Lipinski definition) is 1. The summed E-state index contributed by atoms with van der Waals surface area (Å²) in [5.74, 6) is -4.00. The molecule has 15 heavy (non-hydrogen) atoms. The summed E-state index contributed by atoms with van der Waals surface area (Å²) in [5.41, 5.74) is 0.639. The lowest BCUT2D eigenvalue weighted by atomic mass is 10.2. The van der Waals surface area contributed by atoms with Gasteiger partial charge in [-0.3, -0.25) is 0 Å². The first-order valence-corrected chi connectivity index (χ1v) is 4.35. The predicted molar refractivity (Wildman–Crippen MR) is 46.1 cm³/mol. The second kappa shape index (κ2) is 4.65. The SMILES string of the molecule is CC(NCC(F)(F)C(F)F)c1ccoc1. The lowest BCUT2D eigenvalue weighted by Crippen LogP contribution is -2.39. The predicted octanol–water partition coefficient (Wildman–Crippen LogP) is 2.83. The summed E-state index contributed by atoms with van der Waals surface area (Å²) in [5, 5.41) is 2.32. The van der Waals surface area contributed by atoms with Gasteiger partial charge in [-0.05, 0) is 13.0 Å². The molecule has 0 saturated heterocycles. The van der Waals surface area contributed by atoms with Crippen LogP contribution in [0.3, 0.4) is 0 Å². The van der Waals surface area contributed by atoms with Crippen LogP contribution in [0.1, 0.15) is 18.5 Å². The molecule has 0 spiro atoms. The number of nitrogens with one attached hydrogen (secondary N) is 1. The highest BCUT2D eigenvalue weighted by molar-refractivity contribution is 5.10. The van der Waals surface area contributed by atoms with Crippen molar-refractivity contribution in [3.63, 3.8) is 0 Å². The number of furan rings is 1. The number of hydrogen-bond acceptors (Lipinski definition) is 2. The third kappa shape index (κ3) is 3.23. The van der Waals surface area contributed by atoms with Crippen LogP contribution in [0.2, 0.25) is 0 Å². The van der Waals surface area contributed by atoms with Crippen molar-refractivity contribution in [2.75, 3.05) is 6.54 Å². The van der Waals surface area contributed by atoms with Crippen molar-refractivity contribution in [3.05, 3.63) is 24.2 Å². The molecule has 1 aromatic rings. The second-order valence-electron chi connectivity index (χ2n) is 3.22. The van der Waals surface area contributed by atoms with Crippen LogP contribution in [0, 0.1) is 0 Å². The quantitative estimate of drug-likeness (QED) is 0.779. The zero-order valence-corrected chi connectivity index (χ0v) is 8.01. The monoisotopic (exact) mass is 225 g/mol. The van der Waals surface area contributed by atoms with Crippen molar-refractivity contribution >= 4 is 0 Å². The largest absolute Gasteiger partial charge is 0.472 e. The van der Waals surface area contributed by atoms with Gasteiger partial charge in [-0.15, -0.1) is 0 Å². The fourth-order valence-electron chi connectivity index (χ4n) is 1.01. The third-order valence-corrected chi connectivity index (χ3v) is 2.01. The highest BCUT2D eigenvalue weighted by Gasteiger charge is 2.40. The molecule has 2 nitrogen and oxygen atoms in total. The summed E-state index contributed by atoms with van der Waals surface area (Å²) in [4.78, 5) is 0. The van der Waals surface area contributed by atoms with Crippen LogP contribution in [0.5, 0.6) is 0 Å². The van der Waals surface area contributed by atoms with Crippen LogP contribution in [-0.2, 0) is 0 Å². The zero-order chi connectivity index (χ0) is 11.5. The van der Waals surface area contributed by atoms with E-state index in [4.69, 9.17) is 4.42 Å². The number of halogens is 4. The Morgan fingerprint density at radius 2 is 2.13 bits per heavy atom. The molecule has 0 aromatic carbocycles. The van der Waals surface area contributed by atoms with Crippen LogP contribution in [0.25, 0.3) is 0 Å². The number of rotatable bonds is 5. The Hall–Kier alpha value is -1.04. The van der Waals surface area contributed by atoms with Gasteiger partial charge in [-0.1, -0.05) is 0 Å². The summed E-state index contributed by atoms with van der Waals surface area (Å²) in [6.07, 6.45) is -0.890. The zero-order valence-electron chi connectivity index (χ0n) is 8.01. The molecule has 0 aliphatic carbocycles. The minimum atomic E-state index is -4.00. The lowest BCUT2D eigenvalue weighted by molar-refractivity contribution is -0.126. The van der Waals surface area contributed by atoms with E-state index in [1.807, 2.05) is 0 Å². The van der Waals surface area contributed by atoms with Crippen LogP contribution in [-0.4, -0.2) is 18.9 Å². The molecule has 0 aliphatic heterocycles. The van der Waals surface area contributed by atoms with Crippen LogP contribution in [0.4, 0.5) is 17.6 Å². The van der Waals surface area contributed by atoms with E-state index in [1.165, 1.54) is 12.5 Å². The molecule has 6 heteroatoms. The summed E-state index contributed by atoms with van der Waals surface area (Å²) in [6, 6.07) is 1.13. The molecule has 1 rings (SSSR count). The molecule has 0 aliphatic rings. The van der Waals surface area contributed by atoms with Crippen LogP contribution < -0.4 is 5.32 Å². The second-order valence-corrected chi connectivity index (χ2v) is 3.22. The smallest absolute Gasteiger partial charge is 0.319 e. The Morgan fingerprint density at radius 3 is 2.60 bits per heavy atom.